The van der Waals surface area contributed by atoms with Crippen molar-refractivity contribution in [3.8, 4) is 0 Å². The van der Waals surface area contributed by atoms with Crippen molar-refractivity contribution in [3.05, 3.63) is 70.8 Å². The van der Waals surface area contributed by atoms with Crippen LogP contribution in [0.3, 0.4) is 0 Å². The molecular weight excluding hydrogens is 412 g/mol. The second kappa shape index (κ2) is 11.3. The fourth-order valence-corrected chi connectivity index (χ4v) is 4.81. The van der Waals surface area contributed by atoms with Crippen molar-refractivity contribution in [2.24, 2.45) is 5.92 Å². The molecule has 2 aromatic rings. The molecule has 0 aliphatic carbocycles. The second-order valence-electron chi connectivity index (χ2n) is 9.57. The standard InChI is InChI=1S/C27H36N4O2/c1-21-5-3-13-30(18-21)19-23-11-9-22(10-12-23)16-28-27(33)29-17-24-6-2-7-25(15-24)20-31-14-4-8-26(31)32/h2,6-7,9-12,15,21H,3-5,8,13-14,16-20H2,1H3,(H2,28,29,33). The fraction of sp³-hybridized carbons (Fsp3) is 0.481. The number of benzene rings is 2. The summed E-state index contributed by atoms with van der Waals surface area (Å²) in [5, 5.41) is 5.87. The van der Waals surface area contributed by atoms with E-state index in [0.717, 1.165) is 42.1 Å². The summed E-state index contributed by atoms with van der Waals surface area (Å²) in [6.07, 6.45) is 4.23. The molecule has 1 atom stereocenters. The van der Waals surface area contributed by atoms with Gasteiger partial charge in [0.2, 0.25) is 5.91 Å². The first-order chi connectivity index (χ1) is 16.0. The molecule has 1 unspecified atom stereocenters. The maximum Gasteiger partial charge on any atom is 0.315 e. The zero-order valence-electron chi connectivity index (χ0n) is 19.7. The van der Waals surface area contributed by atoms with Gasteiger partial charge in [0.1, 0.15) is 0 Å². The summed E-state index contributed by atoms with van der Waals surface area (Å²) in [6, 6.07) is 16.4. The van der Waals surface area contributed by atoms with E-state index in [9.17, 15) is 9.59 Å². The highest BCUT2D eigenvalue weighted by Gasteiger charge is 2.20. The lowest BCUT2D eigenvalue weighted by Gasteiger charge is -2.30. The number of carbonyl (C=O) groups excluding carboxylic acids is 2. The predicted octanol–water partition coefficient (Wildman–Crippen LogP) is 4.04. The molecule has 2 N–H and O–H groups in total. The van der Waals surface area contributed by atoms with Crippen LogP contribution in [0.2, 0.25) is 0 Å². The Balaban J connectivity index is 1.19. The van der Waals surface area contributed by atoms with Crippen LogP contribution in [-0.4, -0.2) is 41.4 Å². The summed E-state index contributed by atoms with van der Waals surface area (Å²) in [5.41, 5.74) is 4.56. The smallest absolute Gasteiger partial charge is 0.315 e. The van der Waals surface area contributed by atoms with Gasteiger partial charge in [-0.3, -0.25) is 9.69 Å². The zero-order chi connectivity index (χ0) is 23.0. The first-order valence-corrected chi connectivity index (χ1v) is 12.2. The maximum atomic E-state index is 12.3. The SMILES string of the molecule is CC1CCCN(Cc2ccc(CNC(=O)NCc3cccc(CN4CCCC4=O)c3)cc2)C1. The lowest BCUT2D eigenvalue weighted by molar-refractivity contribution is -0.128. The minimum Gasteiger partial charge on any atom is -0.338 e. The normalized spacial score (nSPS) is 19.0. The minimum absolute atomic E-state index is 0.179. The molecule has 33 heavy (non-hydrogen) atoms. The number of likely N-dealkylation sites (tertiary alicyclic amines) is 2. The topological polar surface area (TPSA) is 64.7 Å². The molecule has 2 saturated heterocycles. The van der Waals surface area contributed by atoms with E-state index in [1.54, 1.807) is 0 Å². The molecule has 176 valence electrons. The van der Waals surface area contributed by atoms with Crippen LogP contribution in [0.5, 0.6) is 0 Å². The Morgan fingerprint density at radius 3 is 2.36 bits per heavy atom. The highest BCUT2D eigenvalue weighted by atomic mass is 16.2. The first kappa shape index (κ1) is 23.3. The summed E-state index contributed by atoms with van der Waals surface area (Å²) in [5.74, 6) is 1.02. The van der Waals surface area contributed by atoms with Gasteiger partial charge in [-0.25, -0.2) is 4.79 Å². The Morgan fingerprint density at radius 1 is 0.909 bits per heavy atom. The van der Waals surface area contributed by atoms with Crippen molar-refractivity contribution in [1.29, 1.82) is 0 Å². The highest BCUT2D eigenvalue weighted by molar-refractivity contribution is 5.78. The van der Waals surface area contributed by atoms with E-state index < -0.39 is 0 Å². The van der Waals surface area contributed by atoms with Gasteiger partial charge < -0.3 is 15.5 Å². The molecule has 2 heterocycles. The van der Waals surface area contributed by atoms with Crippen LogP contribution in [0.15, 0.2) is 48.5 Å². The number of nitrogens with zero attached hydrogens (tertiary/aromatic N) is 2. The third-order valence-corrected chi connectivity index (χ3v) is 6.61. The number of carbonyl (C=O) groups is 2. The predicted molar refractivity (Wildman–Crippen MR) is 130 cm³/mol. The van der Waals surface area contributed by atoms with Gasteiger partial charge in [0.15, 0.2) is 0 Å². The molecule has 0 radical (unpaired) electrons. The molecule has 4 rings (SSSR count). The maximum absolute atomic E-state index is 12.3. The van der Waals surface area contributed by atoms with Gasteiger partial charge in [-0.05, 0) is 54.0 Å². The van der Waals surface area contributed by atoms with Crippen molar-refractivity contribution < 1.29 is 9.59 Å². The minimum atomic E-state index is -0.179. The van der Waals surface area contributed by atoms with Gasteiger partial charge in [0.25, 0.3) is 0 Å². The van der Waals surface area contributed by atoms with E-state index in [2.05, 4.69) is 52.8 Å². The average Bonchev–Trinajstić information content (AvgIpc) is 3.22. The summed E-state index contributed by atoms with van der Waals surface area (Å²) in [6.45, 7) is 8.15. The molecule has 6 nitrogen and oxygen atoms in total. The Hall–Kier alpha value is -2.86. The van der Waals surface area contributed by atoms with Crippen LogP contribution >= 0.6 is 0 Å². The summed E-state index contributed by atoms with van der Waals surface area (Å²) >= 11 is 0. The molecule has 0 bridgehead atoms. The fourth-order valence-electron chi connectivity index (χ4n) is 4.81. The molecular formula is C27H36N4O2. The van der Waals surface area contributed by atoms with Gasteiger partial charge in [-0.15, -0.1) is 0 Å². The van der Waals surface area contributed by atoms with Crippen molar-refractivity contribution in [2.45, 2.75) is 58.8 Å². The molecule has 3 amide bonds. The van der Waals surface area contributed by atoms with Crippen molar-refractivity contribution in [3.63, 3.8) is 0 Å². The largest absolute Gasteiger partial charge is 0.338 e. The van der Waals surface area contributed by atoms with E-state index in [0.29, 0.717) is 26.1 Å². The Labute approximate surface area is 197 Å². The van der Waals surface area contributed by atoms with Gasteiger partial charge in [-0.2, -0.15) is 0 Å². The third kappa shape index (κ3) is 7.06. The number of piperidine rings is 1. The van der Waals surface area contributed by atoms with E-state index in [4.69, 9.17) is 0 Å². The van der Waals surface area contributed by atoms with E-state index >= 15 is 0 Å². The molecule has 2 fully saturated rings. The summed E-state index contributed by atoms with van der Waals surface area (Å²) in [7, 11) is 0. The number of nitrogens with one attached hydrogen (secondary N) is 2. The van der Waals surface area contributed by atoms with Crippen molar-refractivity contribution >= 4 is 11.9 Å². The number of hydrogen-bond donors (Lipinski definition) is 2. The van der Waals surface area contributed by atoms with Gasteiger partial charge in [-0.1, -0.05) is 55.5 Å². The van der Waals surface area contributed by atoms with E-state index in [-0.39, 0.29) is 11.9 Å². The monoisotopic (exact) mass is 448 g/mol. The van der Waals surface area contributed by atoms with Crippen LogP contribution in [0.4, 0.5) is 4.79 Å². The average molecular weight is 449 g/mol. The first-order valence-electron chi connectivity index (χ1n) is 12.2. The van der Waals surface area contributed by atoms with Crippen LogP contribution in [-0.2, 0) is 31.0 Å². The van der Waals surface area contributed by atoms with Gasteiger partial charge >= 0.3 is 6.03 Å². The third-order valence-electron chi connectivity index (χ3n) is 6.61. The molecule has 2 aliphatic rings. The Morgan fingerprint density at radius 2 is 1.64 bits per heavy atom. The van der Waals surface area contributed by atoms with Crippen LogP contribution in [0, 0.1) is 5.92 Å². The molecule has 0 aromatic heterocycles. The van der Waals surface area contributed by atoms with E-state index in [1.165, 1.54) is 31.5 Å². The number of rotatable bonds is 8. The number of amides is 3. The summed E-state index contributed by atoms with van der Waals surface area (Å²) < 4.78 is 0. The van der Waals surface area contributed by atoms with Crippen LogP contribution < -0.4 is 10.6 Å². The number of urea groups is 1. The second-order valence-corrected chi connectivity index (χ2v) is 9.57. The lowest BCUT2D eigenvalue weighted by atomic mass is 9.99. The molecule has 2 aromatic carbocycles. The quantitative estimate of drug-likeness (QED) is 0.641. The zero-order valence-corrected chi connectivity index (χ0v) is 19.7. The molecule has 0 saturated carbocycles. The summed E-state index contributed by atoms with van der Waals surface area (Å²) in [4.78, 5) is 28.6. The van der Waals surface area contributed by atoms with Crippen molar-refractivity contribution in [1.82, 2.24) is 20.4 Å². The van der Waals surface area contributed by atoms with E-state index in [1.807, 2.05) is 23.1 Å². The Kier molecular flexibility index (Phi) is 8.00. The Bertz CT molecular complexity index is 943. The van der Waals surface area contributed by atoms with Gasteiger partial charge in [0, 0.05) is 45.7 Å². The number of hydrogen-bond acceptors (Lipinski definition) is 3. The van der Waals surface area contributed by atoms with Crippen LogP contribution in [0.25, 0.3) is 0 Å². The van der Waals surface area contributed by atoms with Crippen molar-refractivity contribution in [2.75, 3.05) is 19.6 Å². The lowest BCUT2D eigenvalue weighted by Crippen LogP contribution is -2.34. The molecule has 2 aliphatic heterocycles. The van der Waals surface area contributed by atoms with Gasteiger partial charge in [0.05, 0.1) is 0 Å². The van der Waals surface area contributed by atoms with Crippen LogP contribution in [0.1, 0.15) is 54.9 Å². The molecule has 6 heteroatoms. The highest BCUT2D eigenvalue weighted by Crippen LogP contribution is 2.18. The molecule has 0 spiro atoms.